The Bertz CT molecular complexity index is 854. The number of carbonyl (C=O) groups excluding carboxylic acids is 1. The van der Waals surface area contributed by atoms with Crippen molar-refractivity contribution in [3.05, 3.63) is 64.7 Å². The fraction of sp³-hybridized carbons (Fsp3) is 0.333. The van der Waals surface area contributed by atoms with Crippen LogP contribution in [0.1, 0.15) is 27.0 Å². The highest BCUT2D eigenvalue weighted by Crippen LogP contribution is 2.30. The quantitative estimate of drug-likeness (QED) is 0.841. The number of carbonyl (C=O) groups is 1. The van der Waals surface area contributed by atoms with Gasteiger partial charge in [0.25, 0.3) is 0 Å². The fourth-order valence-electron chi connectivity index (χ4n) is 3.48. The van der Waals surface area contributed by atoms with Crippen LogP contribution in [0.2, 0.25) is 0 Å². The monoisotopic (exact) mass is 350 g/mol. The van der Waals surface area contributed by atoms with E-state index in [9.17, 15) is 4.79 Å². The lowest BCUT2D eigenvalue weighted by atomic mass is 10.0. The lowest BCUT2D eigenvalue weighted by Crippen LogP contribution is -2.35. The van der Waals surface area contributed by atoms with Crippen LogP contribution < -0.4 is 0 Å². The Kier molecular flexibility index (Phi) is 4.93. The molecule has 0 atom stereocenters. The van der Waals surface area contributed by atoms with Crippen LogP contribution in [0.25, 0.3) is 0 Å². The minimum absolute atomic E-state index is 0.274. The summed E-state index contributed by atoms with van der Waals surface area (Å²) in [6.07, 6.45) is 0.768. The molecule has 0 bridgehead atoms. The van der Waals surface area contributed by atoms with Gasteiger partial charge in [0, 0.05) is 31.6 Å². The maximum Gasteiger partial charge on any atom is 0.188 e. The highest BCUT2D eigenvalue weighted by atomic mass is 16.5. The van der Waals surface area contributed by atoms with E-state index in [4.69, 9.17) is 14.8 Å². The molecule has 1 saturated heterocycles. The topological polar surface area (TPSA) is 62.1 Å². The predicted molar refractivity (Wildman–Crippen MR) is 100 cm³/mol. The molecule has 0 aromatic heterocycles. The van der Waals surface area contributed by atoms with Crippen LogP contribution in [0.3, 0.4) is 0 Å². The largest absolute Gasteiger partial charge is 0.388 e. The summed E-state index contributed by atoms with van der Waals surface area (Å²) in [7, 11) is 0. The van der Waals surface area contributed by atoms with Crippen LogP contribution in [0.5, 0.6) is 0 Å². The maximum absolute atomic E-state index is 11.7. The van der Waals surface area contributed by atoms with Crippen molar-refractivity contribution in [2.45, 2.75) is 13.0 Å². The molecule has 1 N–H and O–H groups in total. The zero-order chi connectivity index (χ0) is 17.9. The molecule has 0 radical (unpaired) electrons. The van der Waals surface area contributed by atoms with E-state index in [-0.39, 0.29) is 5.78 Å². The number of benzene rings is 2. The average Bonchev–Trinajstić information content (AvgIpc) is 3.12. The molecule has 0 saturated carbocycles. The second-order valence-corrected chi connectivity index (χ2v) is 6.75. The standard InChI is InChI=1S/C21H22N2O3/c24-14-21(25)18-5-4-17-11-19(22-20(17)12-18)16-3-1-2-15(10-16)13-23-6-8-26-9-7-23/h1-5,10,12,24H,6-9,11,13-14H2. The Balaban J connectivity index is 1.54. The van der Waals surface area contributed by atoms with Crippen molar-refractivity contribution in [1.29, 1.82) is 0 Å². The van der Waals surface area contributed by atoms with Crippen molar-refractivity contribution < 1.29 is 14.6 Å². The van der Waals surface area contributed by atoms with Crippen LogP contribution in [-0.4, -0.2) is 54.4 Å². The summed E-state index contributed by atoms with van der Waals surface area (Å²) in [5.41, 5.74) is 5.89. The molecule has 26 heavy (non-hydrogen) atoms. The minimum Gasteiger partial charge on any atom is -0.388 e. The van der Waals surface area contributed by atoms with E-state index in [1.807, 2.05) is 6.07 Å². The molecule has 2 heterocycles. The molecule has 1 fully saturated rings. The molecule has 0 amide bonds. The van der Waals surface area contributed by atoms with Crippen LogP contribution in [0, 0.1) is 0 Å². The van der Waals surface area contributed by atoms with Crippen molar-refractivity contribution in [2.75, 3.05) is 32.9 Å². The first-order chi connectivity index (χ1) is 12.7. The second kappa shape index (κ2) is 7.50. The van der Waals surface area contributed by atoms with Gasteiger partial charge in [0.15, 0.2) is 5.78 Å². The number of morpholine rings is 1. The van der Waals surface area contributed by atoms with Gasteiger partial charge in [-0.15, -0.1) is 0 Å². The Hall–Kier alpha value is -2.34. The van der Waals surface area contributed by atoms with E-state index in [0.717, 1.165) is 61.8 Å². The summed E-state index contributed by atoms with van der Waals surface area (Å²) >= 11 is 0. The molecular weight excluding hydrogens is 328 g/mol. The van der Waals surface area contributed by atoms with Crippen molar-refractivity contribution in [3.8, 4) is 0 Å². The molecule has 5 nitrogen and oxygen atoms in total. The number of Topliss-reactive ketones (excluding diaryl/α,β-unsaturated/α-hetero) is 1. The number of hydrogen-bond donors (Lipinski definition) is 1. The number of hydrogen-bond acceptors (Lipinski definition) is 5. The van der Waals surface area contributed by atoms with E-state index < -0.39 is 6.61 Å². The highest BCUT2D eigenvalue weighted by Gasteiger charge is 2.18. The van der Waals surface area contributed by atoms with Crippen molar-refractivity contribution in [1.82, 2.24) is 4.90 Å². The van der Waals surface area contributed by atoms with E-state index in [0.29, 0.717) is 5.56 Å². The molecule has 134 valence electrons. The minimum atomic E-state index is -0.473. The first-order valence-electron chi connectivity index (χ1n) is 8.97. The summed E-state index contributed by atoms with van der Waals surface area (Å²) in [6.45, 7) is 4.00. The molecular formula is C21H22N2O3. The summed E-state index contributed by atoms with van der Waals surface area (Å²) in [6, 6.07) is 14.0. The normalized spacial score (nSPS) is 17.0. The number of ketones is 1. The van der Waals surface area contributed by atoms with Gasteiger partial charge in [-0.2, -0.15) is 0 Å². The number of aliphatic hydroxyl groups excluding tert-OH is 1. The van der Waals surface area contributed by atoms with Gasteiger partial charge in [-0.3, -0.25) is 14.7 Å². The molecule has 0 aliphatic carbocycles. The number of ether oxygens (including phenoxy) is 1. The van der Waals surface area contributed by atoms with Crippen LogP contribution >= 0.6 is 0 Å². The van der Waals surface area contributed by atoms with E-state index in [1.165, 1.54) is 5.56 Å². The maximum atomic E-state index is 11.7. The third kappa shape index (κ3) is 3.60. The number of fused-ring (bicyclic) bond motifs is 1. The zero-order valence-electron chi connectivity index (χ0n) is 14.6. The Morgan fingerprint density at radius 3 is 2.81 bits per heavy atom. The Morgan fingerprint density at radius 1 is 1.15 bits per heavy atom. The van der Waals surface area contributed by atoms with Crippen LogP contribution in [-0.2, 0) is 17.7 Å². The predicted octanol–water partition coefficient (Wildman–Crippen LogP) is 2.37. The van der Waals surface area contributed by atoms with Gasteiger partial charge in [0.05, 0.1) is 24.6 Å². The van der Waals surface area contributed by atoms with Gasteiger partial charge in [0.1, 0.15) is 6.61 Å². The first kappa shape index (κ1) is 17.1. The zero-order valence-corrected chi connectivity index (χ0v) is 14.6. The molecule has 2 aliphatic heterocycles. The Morgan fingerprint density at radius 2 is 2.00 bits per heavy atom. The first-order valence-corrected chi connectivity index (χ1v) is 8.97. The highest BCUT2D eigenvalue weighted by molar-refractivity contribution is 6.07. The number of nitrogens with zero attached hydrogens (tertiary/aromatic N) is 2. The van der Waals surface area contributed by atoms with Crippen molar-refractivity contribution in [2.24, 2.45) is 4.99 Å². The van der Waals surface area contributed by atoms with Gasteiger partial charge in [-0.1, -0.05) is 30.3 Å². The van der Waals surface area contributed by atoms with Gasteiger partial charge < -0.3 is 9.84 Å². The van der Waals surface area contributed by atoms with Gasteiger partial charge in [-0.25, -0.2) is 0 Å². The third-order valence-electron chi connectivity index (χ3n) is 4.93. The molecule has 0 spiro atoms. The van der Waals surface area contributed by atoms with Gasteiger partial charge >= 0.3 is 0 Å². The SMILES string of the molecule is O=C(CO)c1ccc2c(c1)N=C(c1cccc(CN3CCOCC3)c1)C2. The van der Waals surface area contributed by atoms with Gasteiger partial charge in [-0.05, 0) is 28.8 Å². The smallest absolute Gasteiger partial charge is 0.188 e. The Labute approximate surface area is 152 Å². The van der Waals surface area contributed by atoms with Crippen molar-refractivity contribution >= 4 is 17.2 Å². The summed E-state index contributed by atoms with van der Waals surface area (Å²) in [5.74, 6) is -0.274. The molecule has 0 unspecified atom stereocenters. The fourth-order valence-corrected chi connectivity index (χ4v) is 3.48. The summed E-state index contributed by atoms with van der Waals surface area (Å²) in [5, 5.41) is 9.03. The molecule has 5 heteroatoms. The number of aliphatic hydroxyl groups is 1. The average molecular weight is 350 g/mol. The summed E-state index contributed by atoms with van der Waals surface area (Å²) in [4.78, 5) is 18.8. The van der Waals surface area contributed by atoms with Crippen molar-refractivity contribution in [3.63, 3.8) is 0 Å². The lowest BCUT2D eigenvalue weighted by Gasteiger charge is -2.26. The molecule has 2 aliphatic rings. The van der Waals surface area contributed by atoms with E-state index >= 15 is 0 Å². The lowest BCUT2D eigenvalue weighted by molar-refractivity contribution is 0.0342. The number of rotatable bonds is 5. The van der Waals surface area contributed by atoms with Crippen LogP contribution in [0.15, 0.2) is 47.5 Å². The second-order valence-electron chi connectivity index (χ2n) is 6.75. The molecule has 2 aromatic rings. The third-order valence-corrected chi connectivity index (χ3v) is 4.93. The molecule has 4 rings (SSSR count). The van der Waals surface area contributed by atoms with Gasteiger partial charge in [0.2, 0.25) is 0 Å². The van der Waals surface area contributed by atoms with E-state index in [1.54, 1.807) is 12.1 Å². The number of aliphatic imine (C=N–C) groups is 1. The van der Waals surface area contributed by atoms with E-state index in [2.05, 4.69) is 29.2 Å². The molecule has 2 aromatic carbocycles. The summed E-state index contributed by atoms with van der Waals surface area (Å²) < 4.78 is 5.41. The van der Waals surface area contributed by atoms with Crippen LogP contribution in [0.4, 0.5) is 5.69 Å².